The van der Waals surface area contributed by atoms with Crippen LogP contribution in [0.4, 0.5) is 5.69 Å². The molecule has 0 radical (unpaired) electrons. The minimum atomic E-state index is -0.538. The van der Waals surface area contributed by atoms with E-state index in [1.807, 2.05) is 0 Å². The number of carbonyl (C=O) groups is 1. The SMILES string of the molecule is CSc1ccc(/C=C/[C@]23NC(=O)CCN2c2ccccc2C3(C)C)cc1. The van der Waals surface area contributed by atoms with E-state index >= 15 is 0 Å². The molecule has 1 fully saturated rings. The molecule has 1 amide bonds. The maximum absolute atomic E-state index is 12.4. The van der Waals surface area contributed by atoms with Gasteiger partial charge in [-0.25, -0.2) is 0 Å². The number of anilines is 1. The van der Waals surface area contributed by atoms with Crippen LogP contribution >= 0.6 is 11.8 Å². The second kappa shape index (κ2) is 6.20. The van der Waals surface area contributed by atoms with Gasteiger partial charge in [0.1, 0.15) is 5.66 Å². The highest BCUT2D eigenvalue weighted by Crippen LogP contribution is 2.52. The summed E-state index contributed by atoms with van der Waals surface area (Å²) in [5.41, 5.74) is 2.88. The summed E-state index contributed by atoms with van der Waals surface area (Å²) in [6, 6.07) is 17.0. The summed E-state index contributed by atoms with van der Waals surface area (Å²) in [6.07, 6.45) is 6.93. The van der Waals surface area contributed by atoms with Crippen molar-refractivity contribution < 1.29 is 4.79 Å². The Labute approximate surface area is 159 Å². The number of amides is 1. The molecule has 0 spiro atoms. The molecule has 3 nitrogen and oxygen atoms in total. The lowest BCUT2D eigenvalue weighted by molar-refractivity contribution is -0.124. The standard InChI is InChI=1S/C22H24N2OS/c1-21(2)18-6-4-5-7-19(18)24-15-13-20(25)23-22(21,24)14-12-16-8-10-17(26-3)11-9-16/h4-12,14H,13,15H2,1-3H3,(H,23,25)/b14-12+/t22-/m0/s1. The number of fused-ring (bicyclic) bond motifs is 3. The van der Waals surface area contributed by atoms with E-state index in [1.54, 1.807) is 11.8 Å². The molecule has 2 aromatic carbocycles. The van der Waals surface area contributed by atoms with Crippen molar-refractivity contribution in [3.8, 4) is 0 Å². The van der Waals surface area contributed by atoms with Gasteiger partial charge in [-0.05, 0) is 41.7 Å². The van der Waals surface area contributed by atoms with Gasteiger partial charge in [0, 0.05) is 29.0 Å². The molecule has 0 aliphatic carbocycles. The second-order valence-electron chi connectivity index (χ2n) is 7.46. The lowest BCUT2D eigenvalue weighted by Crippen LogP contribution is -2.68. The summed E-state index contributed by atoms with van der Waals surface area (Å²) < 4.78 is 0. The molecule has 2 heterocycles. The van der Waals surface area contributed by atoms with Gasteiger partial charge in [0.25, 0.3) is 0 Å². The molecule has 26 heavy (non-hydrogen) atoms. The second-order valence-corrected chi connectivity index (χ2v) is 8.34. The van der Waals surface area contributed by atoms with Crippen molar-refractivity contribution in [2.45, 2.75) is 36.2 Å². The molecule has 0 unspecified atom stereocenters. The minimum Gasteiger partial charge on any atom is -0.344 e. The number of carbonyl (C=O) groups excluding carboxylic acids is 1. The van der Waals surface area contributed by atoms with E-state index in [-0.39, 0.29) is 11.3 Å². The predicted molar refractivity (Wildman–Crippen MR) is 110 cm³/mol. The summed E-state index contributed by atoms with van der Waals surface area (Å²) in [4.78, 5) is 16.0. The molecule has 0 saturated carbocycles. The predicted octanol–water partition coefficient (Wildman–Crippen LogP) is 4.44. The van der Waals surface area contributed by atoms with Gasteiger partial charge < -0.3 is 10.2 Å². The zero-order chi connectivity index (χ0) is 18.4. The zero-order valence-electron chi connectivity index (χ0n) is 15.5. The Bertz CT molecular complexity index is 872. The van der Waals surface area contributed by atoms with E-state index < -0.39 is 5.66 Å². The molecular formula is C22H24N2OS. The van der Waals surface area contributed by atoms with Crippen molar-refractivity contribution in [3.63, 3.8) is 0 Å². The average Bonchev–Trinajstić information content (AvgIpc) is 2.85. The van der Waals surface area contributed by atoms with Crippen LogP contribution in [0.1, 0.15) is 31.4 Å². The lowest BCUT2D eigenvalue weighted by atomic mass is 9.74. The van der Waals surface area contributed by atoms with E-state index in [0.717, 1.165) is 12.1 Å². The van der Waals surface area contributed by atoms with Crippen molar-refractivity contribution in [3.05, 3.63) is 65.7 Å². The molecule has 1 saturated heterocycles. The Kier molecular flexibility index (Phi) is 4.11. The highest BCUT2D eigenvalue weighted by atomic mass is 32.2. The number of nitrogens with zero attached hydrogens (tertiary/aromatic N) is 1. The summed E-state index contributed by atoms with van der Waals surface area (Å²) in [6.45, 7) is 5.18. The third-order valence-corrected chi connectivity index (χ3v) is 6.52. The van der Waals surface area contributed by atoms with E-state index in [9.17, 15) is 4.79 Å². The Morgan fingerprint density at radius 1 is 1.12 bits per heavy atom. The van der Waals surface area contributed by atoms with Crippen molar-refractivity contribution in [2.75, 3.05) is 17.7 Å². The molecule has 0 aromatic heterocycles. The quantitative estimate of drug-likeness (QED) is 0.818. The molecular weight excluding hydrogens is 340 g/mol. The first-order valence-electron chi connectivity index (χ1n) is 8.99. The van der Waals surface area contributed by atoms with E-state index in [1.165, 1.54) is 16.1 Å². The number of benzene rings is 2. The van der Waals surface area contributed by atoms with Gasteiger partial charge in [0.05, 0.1) is 0 Å². The van der Waals surface area contributed by atoms with Crippen LogP contribution in [0.5, 0.6) is 0 Å². The topological polar surface area (TPSA) is 32.3 Å². The third-order valence-electron chi connectivity index (χ3n) is 5.77. The largest absolute Gasteiger partial charge is 0.344 e. The Morgan fingerprint density at radius 3 is 2.58 bits per heavy atom. The lowest BCUT2D eigenvalue weighted by Gasteiger charge is -2.49. The molecule has 1 atom stereocenters. The first-order valence-corrected chi connectivity index (χ1v) is 10.2. The van der Waals surface area contributed by atoms with Gasteiger partial charge in [0.2, 0.25) is 5.91 Å². The Balaban J connectivity index is 1.79. The summed E-state index contributed by atoms with van der Waals surface area (Å²) in [5, 5.41) is 3.32. The summed E-state index contributed by atoms with van der Waals surface area (Å²) in [7, 11) is 0. The van der Waals surface area contributed by atoms with Gasteiger partial charge in [-0.3, -0.25) is 4.79 Å². The van der Waals surface area contributed by atoms with Crippen LogP contribution in [0.2, 0.25) is 0 Å². The van der Waals surface area contributed by atoms with Gasteiger partial charge in [0.15, 0.2) is 0 Å². The number of thioether (sulfide) groups is 1. The number of nitrogens with one attached hydrogen (secondary N) is 1. The fourth-order valence-corrected chi connectivity index (χ4v) is 4.66. The molecule has 2 aliphatic rings. The molecule has 0 bridgehead atoms. The molecule has 134 valence electrons. The van der Waals surface area contributed by atoms with Gasteiger partial charge in [-0.15, -0.1) is 11.8 Å². The number of para-hydroxylation sites is 1. The van der Waals surface area contributed by atoms with E-state index in [2.05, 4.69) is 91.0 Å². The smallest absolute Gasteiger partial charge is 0.223 e. The van der Waals surface area contributed by atoms with Gasteiger partial charge in [-0.2, -0.15) is 0 Å². The maximum Gasteiger partial charge on any atom is 0.223 e. The van der Waals surface area contributed by atoms with Crippen molar-refractivity contribution >= 4 is 29.4 Å². The maximum atomic E-state index is 12.4. The van der Waals surface area contributed by atoms with Crippen molar-refractivity contribution in [2.24, 2.45) is 0 Å². The summed E-state index contributed by atoms with van der Waals surface area (Å²) >= 11 is 1.74. The fraction of sp³-hybridized carbons (Fsp3) is 0.318. The molecule has 4 rings (SSSR count). The van der Waals surface area contributed by atoms with Crippen molar-refractivity contribution in [1.82, 2.24) is 5.32 Å². The number of hydrogen-bond donors (Lipinski definition) is 1. The Hall–Kier alpha value is -2.20. The molecule has 2 aliphatic heterocycles. The van der Waals surface area contributed by atoms with Crippen LogP contribution in [0.25, 0.3) is 6.08 Å². The van der Waals surface area contributed by atoms with Crippen LogP contribution in [0, 0.1) is 0 Å². The van der Waals surface area contributed by atoms with E-state index in [4.69, 9.17) is 0 Å². The van der Waals surface area contributed by atoms with Crippen LogP contribution in [-0.2, 0) is 10.2 Å². The normalized spacial score (nSPS) is 23.7. The third kappa shape index (κ3) is 2.47. The van der Waals surface area contributed by atoms with Crippen LogP contribution in [-0.4, -0.2) is 24.4 Å². The first-order chi connectivity index (χ1) is 12.5. The number of rotatable bonds is 3. The Morgan fingerprint density at radius 2 is 1.85 bits per heavy atom. The van der Waals surface area contributed by atoms with Crippen LogP contribution < -0.4 is 10.2 Å². The summed E-state index contributed by atoms with van der Waals surface area (Å²) in [5.74, 6) is 0.115. The molecule has 4 heteroatoms. The number of hydrogen-bond acceptors (Lipinski definition) is 3. The van der Waals surface area contributed by atoms with E-state index in [0.29, 0.717) is 6.42 Å². The molecule has 2 aromatic rings. The van der Waals surface area contributed by atoms with Crippen molar-refractivity contribution in [1.29, 1.82) is 0 Å². The highest BCUT2D eigenvalue weighted by molar-refractivity contribution is 7.98. The monoisotopic (exact) mass is 364 g/mol. The molecule has 1 N–H and O–H groups in total. The van der Waals surface area contributed by atoms with Crippen LogP contribution in [0.15, 0.2) is 59.5 Å². The first kappa shape index (κ1) is 17.2. The van der Waals surface area contributed by atoms with Gasteiger partial charge in [-0.1, -0.05) is 50.3 Å². The van der Waals surface area contributed by atoms with Crippen LogP contribution in [0.3, 0.4) is 0 Å². The zero-order valence-corrected chi connectivity index (χ0v) is 16.3. The highest BCUT2D eigenvalue weighted by Gasteiger charge is 2.57. The fourth-order valence-electron chi connectivity index (χ4n) is 4.25. The minimum absolute atomic E-state index is 0.115. The average molecular weight is 365 g/mol. The van der Waals surface area contributed by atoms with Gasteiger partial charge >= 0.3 is 0 Å².